The third-order valence-electron chi connectivity index (χ3n) is 4.87. The Labute approximate surface area is 184 Å². The zero-order valence-electron chi connectivity index (χ0n) is 16.9. The molecule has 2 amide bonds. The average Bonchev–Trinajstić information content (AvgIpc) is 2.78. The van der Waals surface area contributed by atoms with Crippen LogP contribution in [0.5, 0.6) is 11.5 Å². The van der Waals surface area contributed by atoms with Crippen LogP contribution in [0.15, 0.2) is 47.1 Å². The summed E-state index contributed by atoms with van der Waals surface area (Å²) in [4.78, 5) is 31.1. The maximum atomic E-state index is 12.7. The second-order valence-electron chi connectivity index (χ2n) is 6.95. The summed E-state index contributed by atoms with van der Waals surface area (Å²) in [6.45, 7) is 1.01. The summed E-state index contributed by atoms with van der Waals surface area (Å²) in [5.74, 6) is 1.28. The van der Waals surface area contributed by atoms with Crippen molar-refractivity contribution < 1.29 is 19.1 Å². The van der Waals surface area contributed by atoms with Crippen molar-refractivity contribution in [1.82, 2.24) is 9.88 Å². The maximum Gasteiger partial charge on any atom is 0.246 e. The third kappa shape index (κ3) is 5.82. The number of carbonyl (C=O) groups excluding carboxylic acids is 2. The molecule has 0 aliphatic carbocycles. The molecule has 30 heavy (non-hydrogen) atoms. The number of benzene rings is 1. The summed E-state index contributed by atoms with van der Waals surface area (Å²) in [5, 5.41) is 2.83. The average molecular weight is 474 g/mol. The molecule has 0 bridgehead atoms. The second kappa shape index (κ2) is 10.2. The van der Waals surface area contributed by atoms with Crippen molar-refractivity contribution in [2.45, 2.75) is 12.8 Å². The zero-order valence-corrected chi connectivity index (χ0v) is 18.5. The van der Waals surface area contributed by atoms with Gasteiger partial charge in [-0.1, -0.05) is 0 Å². The fraction of sp³-hybridized carbons (Fsp3) is 0.318. The van der Waals surface area contributed by atoms with Crippen molar-refractivity contribution >= 4 is 39.6 Å². The Balaban J connectivity index is 1.61. The van der Waals surface area contributed by atoms with Gasteiger partial charge in [0.1, 0.15) is 17.3 Å². The van der Waals surface area contributed by atoms with Crippen molar-refractivity contribution in [3.8, 4) is 11.5 Å². The number of hydrogen-bond acceptors (Lipinski definition) is 5. The highest BCUT2D eigenvalue weighted by Gasteiger charge is 2.27. The van der Waals surface area contributed by atoms with Crippen LogP contribution in [0.1, 0.15) is 18.4 Å². The molecule has 1 aliphatic heterocycles. The van der Waals surface area contributed by atoms with E-state index in [0.717, 1.165) is 22.9 Å². The van der Waals surface area contributed by atoms with Gasteiger partial charge >= 0.3 is 0 Å². The Morgan fingerprint density at radius 3 is 2.57 bits per heavy atom. The van der Waals surface area contributed by atoms with Crippen LogP contribution in [-0.2, 0) is 9.59 Å². The number of methoxy groups -OCH3 is 2. The lowest BCUT2D eigenvalue weighted by Gasteiger charge is -2.31. The molecule has 1 aliphatic rings. The molecule has 7 nitrogen and oxygen atoms in total. The van der Waals surface area contributed by atoms with Gasteiger partial charge in [-0.3, -0.25) is 9.59 Å². The zero-order chi connectivity index (χ0) is 21.5. The van der Waals surface area contributed by atoms with Crippen LogP contribution < -0.4 is 14.8 Å². The number of pyridine rings is 1. The summed E-state index contributed by atoms with van der Waals surface area (Å²) in [5.41, 5.74) is 0.798. The van der Waals surface area contributed by atoms with Crippen molar-refractivity contribution in [2.24, 2.45) is 5.92 Å². The molecule has 1 aromatic carbocycles. The van der Waals surface area contributed by atoms with Gasteiger partial charge in [0.15, 0.2) is 0 Å². The second-order valence-corrected chi connectivity index (χ2v) is 7.87. The third-order valence-corrected chi connectivity index (χ3v) is 5.34. The first-order chi connectivity index (χ1) is 14.5. The van der Waals surface area contributed by atoms with Gasteiger partial charge in [0.2, 0.25) is 11.8 Å². The molecule has 1 saturated heterocycles. The Hall–Kier alpha value is -2.87. The molecule has 1 unspecified atom stereocenters. The summed E-state index contributed by atoms with van der Waals surface area (Å²) in [7, 11) is 3.16. The number of likely N-dealkylation sites (tertiary alicyclic amines) is 1. The number of nitrogens with zero attached hydrogens (tertiary/aromatic N) is 2. The van der Waals surface area contributed by atoms with Crippen molar-refractivity contribution in [3.63, 3.8) is 0 Å². The van der Waals surface area contributed by atoms with Gasteiger partial charge in [-0.2, -0.15) is 0 Å². The Morgan fingerprint density at radius 2 is 1.93 bits per heavy atom. The lowest BCUT2D eigenvalue weighted by Crippen LogP contribution is -2.43. The quantitative estimate of drug-likeness (QED) is 0.646. The van der Waals surface area contributed by atoms with Crippen LogP contribution in [0, 0.1) is 5.92 Å². The highest BCUT2D eigenvalue weighted by atomic mass is 79.9. The van der Waals surface area contributed by atoms with Crippen molar-refractivity contribution in [2.75, 3.05) is 32.6 Å². The van der Waals surface area contributed by atoms with Gasteiger partial charge in [-0.15, -0.1) is 0 Å². The summed E-state index contributed by atoms with van der Waals surface area (Å²) in [6, 6.07) is 8.97. The molecular weight excluding hydrogens is 450 g/mol. The summed E-state index contributed by atoms with van der Waals surface area (Å²) in [6.07, 6.45) is 6.39. The minimum Gasteiger partial charge on any atom is -0.497 e. The molecule has 8 heteroatoms. The van der Waals surface area contributed by atoms with E-state index in [4.69, 9.17) is 9.47 Å². The van der Waals surface area contributed by atoms with E-state index in [2.05, 4.69) is 26.2 Å². The number of aromatic nitrogens is 1. The lowest BCUT2D eigenvalue weighted by atomic mass is 9.97. The smallest absolute Gasteiger partial charge is 0.246 e. The van der Waals surface area contributed by atoms with Crippen LogP contribution in [0.4, 0.5) is 5.82 Å². The van der Waals surface area contributed by atoms with Gasteiger partial charge < -0.3 is 19.7 Å². The number of amides is 2. The molecule has 1 aromatic heterocycles. The first kappa shape index (κ1) is 21.8. The SMILES string of the molecule is COc1cc(C=CC(=O)N2CCCC(C(=O)Nc3ccc(Br)cn3)C2)cc(OC)c1. The van der Waals surface area contributed by atoms with Gasteiger partial charge in [-0.25, -0.2) is 4.98 Å². The predicted octanol–water partition coefficient (Wildman–Crippen LogP) is 3.75. The Bertz CT molecular complexity index is 908. The standard InChI is InChI=1S/C22H24BrN3O4/c1-29-18-10-15(11-19(12-18)30-2)5-8-21(27)26-9-3-4-16(14-26)22(28)25-20-7-6-17(23)13-24-20/h5-8,10-13,16H,3-4,9,14H2,1-2H3,(H,24,25,28). The minimum absolute atomic E-state index is 0.121. The fourth-order valence-corrected chi connectivity index (χ4v) is 3.50. The molecule has 2 heterocycles. The van der Waals surface area contributed by atoms with Gasteiger partial charge in [-0.05, 0) is 64.7 Å². The van der Waals surface area contributed by atoms with Crippen LogP contribution in [-0.4, -0.2) is 49.0 Å². The van der Waals surface area contributed by atoms with E-state index in [1.165, 1.54) is 6.08 Å². The van der Waals surface area contributed by atoms with Crippen LogP contribution >= 0.6 is 15.9 Å². The van der Waals surface area contributed by atoms with E-state index in [1.54, 1.807) is 43.5 Å². The monoisotopic (exact) mass is 473 g/mol. The molecule has 1 atom stereocenters. The molecular formula is C22H24BrN3O4. The largest absolute Gasteiger partial charge is 0.497 e. The highest BCUT2D eigenvalue weighted by molar-refractivity contribution is 9.10. The molecule has 2 aromatic rings. The number of nitrogens with one attached hydrogen (secondary N) is 1. The van der Waals surface area contributed by atoms with E-state index in [0.29, 0.717) is 30.4 Å². The summed E-state index contributed by atoms with van der Waals surface area (Å²) >= 11 is 3.32. The van der Waals surface area contributed by atoms with E-state index < -0.39 is 0 Å². The number of rotatable bonds is 6. The number of carbonyl (C=O) groups is 2. The van der Waals surface area contributed by atoms with E-state index in [1.807, 2.05) is 18.2 Å². The van der Waals surface area contributed by atoms with Crippen LogP contribution in [0.25, 0.3) is 6.08 Å². The molecule has 1 N–H and O–H groups in total. The van der Waals surface area contributed by atoms with E-state index >= 15 is 0 Å². The van der Waals surface area contributed by atoms with E-state index in [-0.39, 0.29) is 17.7 Å². The van der Waals surface area contributed by atoms with Crippen LogP contribution in [0.2, 0.25) is 0 Å². The molecule has 0 spiro atoms. The van der Waals surface area contributed by atoms with E-state index in [9.17, 15) is 9.59 Å². The van der Waals surface area contributed by atoms with Crippen molar-refractivity contribution in [1.29, 1.82) is 0 Å². The maximum absolute atomic E-state index is 12.7. The molecule has 1 fully saturated rings. The first-order valence-corrected chi connectivity index (χ1v) is 10.4. The number of hydrogen-bond donors (Lipinski definition) is 1. The number of halogens is 1. The Kier molecular flexibility index (Phi) is 7.46. The number of piperidine rings is 1. The molecule has 3 rings (SSSR count). The number of ether oxygens (including phenoxy) is 2. The van der Waals surface area contributed by atoms with Crippen LogP contribution in [0.3, 0.4) is 0 Å². The molecule has 0 radical (unpaired) electrons. The fourth-order valence-electron chi connectivity index (χ4n) is 3.27. The van der Waals surface area contributed by atoms with Gasteiger partial charge in [0.05, 0.1) is 20.1 Å². The lowest BCUT2D eigenvalue weighted by molar-refractivity contribution is -0.130. The topological polar surface area (TPSA) is 80.8 Å². The number of anilines is 1. The molecule has 158 valence electrons. The predicted molar refractivity (Wildman–Crippen MR) is 118 cm³/mol. The first-order valence-electron chi connectivity index (χ1n) is 9.61. The highest BCUT2D eigenvalue weighted by Crippen LogP contribution is 2.24. The minimum atomic E-state index is -0.265. The van der Waals surface area contributed by atoms with Gasteiger partial charge in [0, 0.05) is 35.9 Å². The van der Waals surface area contributed by atoms with Gasteiger partial charge in [0.25, 0.3) is 0 Å². The Morgan fingerprint density at radius 1 is 1.20 bits per heavy atom. The summed E-state index contributed by atoms with van der Waals surface area (Å²) < 4.78 is 11.4. The normalized spacial score (nSPS) is 16.4. The molecule has 0 saturated carbocycles. The van der Waals surface area contributed by atoms with Crippen molar-refractivity contribution in [3.05, 3.63) is 52.6 Å².